The number of aromatic nitrogens is 1. The summed E-state index contributed by atoms with van der Waals surface area (Å²) >= 11 is 1.70. The molecule has 7 heteroatoms. The van der Waals surface area contributed by atoms with Crippen LogP contribution in [0.3, 0.4) is 0 Å². The monoisotopic (exact) mass is 448 g/mol. The summed E-state index contributed by atoms with van der Waals surface area (Å²) in [5.41, 5.74) is 3.19. The molecule has 1 atom stereocenters. The van der Waals surface area contributed by atoms with Crippen LogP contribution >= 0.6 is 11.3 Å². The van der Waals surface area contributed by atoms with E-state index in [4.69, 9.17) is 23.6 Å². The van der Waals surface area contributed by atoms with Crippen LogP contribution in [0.2, 0.25) is 0 Å². The zero-order chi connectivity index (χ0) is 21.3. The van der Waals surface area contributed by atoms with Gasteiger partial charge in [-0.1, -0.05) is 12.1 Å². The lowest BCUT2D eigenvalue weighted by atomic mass is 10.1. The predicted molar refractivity (Wildman–Crippen MR) is 123 cm³/mol. The first-order valence-corrected chi connectivity index (χ1v) is 11.8. The minimum absolute atomic E-state index is 0.0517. The topological polar surface area (TPSA) is 57.0 Å². The van der Waals surface area contributed by atoms with E-state index in [-0.39, 0.29) is 6.10 Å². The Balaban J connectivity index is 1.39. The third kappa shape index (κ3) is 3.99. The molecule has 6 nitrogen and oxygen atoms in total. The normalized spacial score (nSPS) is 18.9. The fourth-order valence-corrected chi connectivity index (χ4v) is 5.24. The summed E-state index contributed by atoms with van der Waals surface area (Å²) in [6.07, 6.45) is 2.67. The number of fused-ring (bicyclic) bond motifs is 2. The molecular formula is C25H24N2O4S. The molecule has 164 valence electrons. The molecule has 4 aromatic rings. The van der Waals surface area contributed by atoms with Crippen molar-refractivity contribution in [3.63, 3.8) is 0 Å². The fourth-order valence-electron chi connectivity index (χ4n) is 4.29. The zero-order valence-corrected chi connectivity index (χ0v) is 18.5. The minimum Gasteiger partial charge on any atom is -0.488 e. The number of hydrogen-bond acceptors (Lipinski definition) is 7. The SMILES string of the molecule is c1coc(CN2CCOc3c(cc(-c4nc5ccccc5s4)cc3OC3CCOC3)C2)c1. The van der Waals surface area contributed by atoms with Crippen molar-refractivity contribution >= 4 is 21.6 Å². The maximum absolute atomic E-state index is 6.40. The standard InChI is InChI=1S/C25H24N2O4S/c1-2-6-23-21(5-1)26-25(32-23)17-12-18-14-27(15-19-4-3-9-29-19)8-11-30-24(18)22(13-17)31-20-7-10-28-16-20/h1-6,9,12-13,20H,7-8,10-11,14-16H2. The fraction of sp³-hybridized carbons (Fsp3) is 0.320. The largest absolute Gasteiger partial charge is 0.488 e. The van der Waals surface area contributed by atoms with Crippen LogP contribution in [0, 0.1) is 0 Å². The van der Waals surface area contributed by atoms with Gasteiger partial charge in [-0.3, -0.25) is 4.90 Å². The van der Waals surface area contributed by atoms with Crippen LogP contribution in [-0.2, 0) is 17.8 Å². The van der Waals surface area contributed by atoms with E-state index in [0.29, 0.717) is 13.2 Å². The molecule has 2 aromatic heterocycles. The average molecular weight is 449 g/mol. The molecule has 1 saturated heterocycles. The van der Waals surface area contributed by atoms with Gasteiger partial charge in [0.05, 0.1) is 36.2 Å². The lowest BCUT2D eigenvalue weighted by molar-refractivity contribution is 0.137. The molecule has 0 aliphatic carbocycles. The Morgan fingerprint density at radius 3 is 2.94 bits per heavy atom. The molecule has 0 bridgehead atoms. The van der Waals surface area contributed by atoms with Crippen molar-refractivity contribution in [2.45, 2.75) is 25.6 Å². The van der Waals surface area contributed by atoms with Gasteiger partial charge in [-0.2, -0.15) is 0 Å². The molecule has 4 heterocycles. The number of furan rings is 1. The van der Waals surface area contributed by atoms with Gasteiger partial charge in [0, 0.05) is 30.6 Å². The Kier molecular flexibility index (Phi) is 5.30. The predicted octanol–water partition coefficient (Wildman–Crippen LogP) is 5.12. The van der Waals surface area contributed by atoms with E-state index >= 15 is 0 Å². The average Bonchev–Trinajstić information content (AvgIpc) is 3.55. The van der Waals surface area contributed by atoms with E-state index in [9.17, 15) is 0 Å². The highest BCUT2D eigenvalue weighted by Gasteiger charge is 2.25. The molecular weight excluding hydrogens is 424 g/mol. The van der Waals surface area contributed by atoms with Crippen LogP contribution in [0.5, 0.6) is 11.5 Å². The highest BCUT2D eigenvalue weighted by Crippen LogP contribution is 2.41. The summed E-state index contributed by atoms with van der Waals surface area (Å²) in [4.78, 5) is 7.22. The number of ether oxygens (including phenoxy) is 3. The van der Waals surface area contributed by atoms with Crippen LogP contribution in [-0.4, -0.2) is 42.4 Å². The molecule has 1 fully saturated rings. The van der Waals surface area contributed by atoms with E-state index in [2.05, 4.69) is 35.2 Å². The first-order chi connectivity index (χ1) is 15.8. The summed E-state index contributed by atoms with van der Waals surface area (Å²) in [6.45, 7) is 4.27. The van der Waals surface area contributed by atoms with Crippen molar-refractivity contribution in [2.24, 2.45) is 0 Å². The number of nitrogens with zero attached hydrogens (tertiary/aromatic N) is 2. The Hall–Kier alpha value is -2.87. The van der Waals surface area contributed by atoms with E-state index < -0.39 is 0 Å². The van der Waals surface area contributed by atoms with Crippen molar-refractivity contribution in [1.29, 1.82) is 0 Å². The third-order valence-corrected chi connectivity index (χ3v) is 6.95. The molecule has 2 aromatic carbocycles. The first-order valence-electron chi connectivity index (χ1n) is 11.0. The van der Waals surface area contributed by atoms with Crippen LogP contribution in [0.4, 0.5) is 0 Å². The van der Waals surface area contributed by atoms with Crippen LogP contribution < -0.4 is 9.47 Å². The van der Waals surface area contributed by atoms with Gasteiger partial charge >= 0.3 is 0 Å². The van der Waals surface area contributed by atoms with E-state index in [1.807, 2.05) is 18.2 Å². The van der Waals surface area contributed by atoms with E-state index in [1.165, 1.54) is 4.70 Å². The van der Waals surface area contributed by atoms with Crippen molar-refractivity contribution in [1.82, 2.24) is 9.88 Å². The van der Waals surface area contributed by atoms with Crippen LogP contribution in [0.25, 0.3) is 20.8 Å². The maximum Gasteiger partial charge on any atom is 0.165 e. The smallest absolute Gasteiger partial charge is 0.165 e. The summed E-state index contributed by atoms with van der Waals surface area (Å²) in [7, 11) is 0. The molecule has 2 aliphatic heterocycles. The molecule has 0 radical (unpaired) electrons. The van der Waals surface area contributed by atoms with Crippen LogP contribution in [0.15, 0.2) is 59.2 Å². The van der Waals surface area contributed by atoms with Crippen molar-refractivity contribution in [2.75, 3.05) is 26.4 Å². The second kappa shape index (κ2) is 8.58. The van der Waals surface area contributed by atoms with E-state index in [1.54, 1.807) is 17.6 Å². The van der Waals surface area contributed by atoms with Gasteiger partial charge in [0.2, 0.25) is 0 Å². The number of thiazole rings is 1. The second-order valence-electron chi connectivity index (χ2n) is 8.19. The van der Waals surface area contributed by atoms with Crippen molar-refractivity contribution in [3.05, 3.63) is 66.1 Å². The van der Waals surface area contributed by atoms with Crippen LogP contribution in [0.1, 0.15) is 17.7 Å². The molecule has 0 spiro atoms. The summed E-state index contributed by atoms with van der Waals surface area (Å²) in [5.74, 6) is 2.58. The molecule has 32 heavy (non-hydrogen) atoms. The Bertz CT molecular complexity index is 1180. The van der Waals surface area contributed by atoms with Gasteiger partial charge in [-0.15, -0.1) is 11.3 Å². The Labute approximate surface area is 190 Å². The molecule has 0 saturated carbocycles. The Morgan fingerprint density at radius 2 is 2.09 bits per heavy atom. The third-order valence-electron chi connectivity index (χ3n) is 5.86. The molecule has 0 amide bonds. The van der Waals surface area contributed by atoms with Gasteiger partial charge in [0.15, 0.2) is 11.5 Å². The first kappa shape index (κ1) is 19.8. The number of benzene rings is 2. The molecule has 1 unspecified atom stereocenters. The number of rotatable bonds is 5. The van der Waals surface area contributed by atoms with E-state index in [0.717, 1.165) is 71.6 Å². The summed E-state index contributed by atoms with van der Waals surface area (Å²) in [6, 6.07) is 16.5. The lowest BCUT2D eigenvalue weighted by Crippen LogP contribution is -2.25. The lowest BCUT2D eigenvalue weighted by Gasteiger charge is -2.19. The maximum atomic E-state index is 6.40. The molecule has 2 aliphatic rings. The van der Waals surface area contributed by atoms with Gasteiger partial charge in [-0.25, -0.2) is 4.98 Å². The van der Waals surface area contributed by atoms with Gasteiger partial charge < -0.3 is 18.6 Å². The highest BCUT2D eigenvalue weighted by molar-refractivity contribution is 7.21. The quantitative estimate of drug-likeness (QED) is 0.422. The summed E-state index contributed by atoms with van der Waals surface area (Å²) in [5, 5.41) is 0.989. The molecule has 6 rings (SSSR count). The second-order valence-corrected chi connectivity index (χ2v) is 9.22. The van der Waals surface area contributed by atoms with Gasteiger partial charge in [0.1, 0.15) is 23.5 Å². The van der Waals surface area contributed by atoms with Crippen molar-refractivity contribution in [3.8, 4) is 22.1 Å². The van der Waals surface area contributed by atoms with Gasteiger partial charge in [0.25, 0.3) is 0 Å². The zero-order valence-electron chi connectivity index (χ0n) is 17.7. The Morgan fingerprint density at radius 1 is 1.12 bits per heavy atom. The van der Waals surface area contributed by atoms with Gasteiger partial charge in [-0.05, 0) is 36.4 Å². The summed E-state index contributed by atoms with van der Waals surface area (Å²) < 4.78 is 24.9. The number of para-hydroxylation sites is 1. The number of hydrogen-bond donors (Lipinski definition) is 0. The molecule has 0 N–H and O–H groups in total. The highest BCUT2D eigenvalue weighted by atomic mass is 32.1. The van der Waals surface area contributed by atoms with Crippen molar-refractivity contribution < 1.29 is 18.6 Å². The minimum atomic E-state index is 0.0517.